The second-order valence-corrected chi connectivity index (χ2v) is 12.7. The van der Waals surface area contributed by atoms with Gasteiger partial charge in [0.1, 0.15) is 11.2 Å². The molecule has 230 valence electrons. The number of hydrogen-bond acceptors (Lipinski definition) is 4. The third-order valence-corrected chi connectivity index (χ3v) is 9.75. The minimum Gasteiger partial charge on any atom is -0.456 e. The van der Waals surface area contributed by atoms with Crippen molar-refractivity contribution in [2.24, 2.45) is 0 Å². The molecule has 0 aliphatic heterocycles. The fourth-order valence-electron chi connectivity index (χ4n) is 7.29. The SMILES string of the molecule is C1=CCCC(c2nc(-c3ccc4ccc(-c5cccc6oc7ccccc7c56)cc4c3)nc(-c3ccc4c(ccc5ccccc54)c3)n2)=C1. The number of para-hydroxylation sites is 1. The van der Waals surface area contributed by atoms with Crippen LogP contribution in [-0.2, 0) is 0 Å². The Morgan fingerprint density at radius 3 is 1.98 bits per heavy atom. The van der Waals surface area contributed by atoms with Gasteiger partial charge < -0.3 is 4.42 Å². The molecule has 0 atom stereocenters. The van der Waals surface area contributed by atoms with E-state index in [1.807, 2.05) is 18.2 Å². The van der Waals surface area contributed by atoms with Gasteiger partial charge in [0.15, 0.2) is 17.5 Å². The summed E-state index contributed by atoms with van der Waals surface area (Å²) in [6, 6.07) is 47.1. The van der Waals surface area contributed by atoms with E-state index >= 15 is 0 Å². The number of rotatable bonds is 4. The maximum absolute atomic E-state index is 6.20. The topological polar surface area (TPSA) is 51.8 Å². The van der Waals surface area contributed by atoms with Crippen molar-refractivity contribution in [3.05, 3.63) is 158 Å². The van der Waals surface area contributed by atoms with Crippen molar-refractivity contribution in [3.8, 4) is 33.9 Å². The number of allylic oxidation sites excluding steroid dienone is 4. The number of aromatic nitrogens is 3. The molecule has 0 saturated heterocycles. The molecule has 0 saturated carbocycles. The van der Waals surface area contributed by atoms with Crippen molar-refractivity contribution < 1.29 is 4.42 Å². The number of hydrogen-bond donors (Lipinski definition) is 0. The average molecular weight is 628 g/mol. The second-order valence-electron chi connectivity index (χ2n) is 12.7. The highest BCUT2D eigenvalue weighted by Crippen LogP contribution is 2.38. The van der Waals surface area contributed by atoms with Crippen LogP contribution in [0.15, 0.2) is 156 Å². The van der Waals surface area contributed by atoms with Crippen molar-refractivity contribution in [2.45, 2.75) is 12.8 Å². The zero-order valence-corrected chi connectivity index (χ0v) is 26.6. The number of benzene rings is 7. The number of fused-ring (bicyclic) bond motifs is 7. The van der Waals surface area contributed by atoms with Crippen LogP contribution in [0.5, 0.6) is 0 Å². The Bertz CT molecular complexity index is 2840. The van der Waals surface area contributed by atoms with Gasteiger partial charge in [-0.05, 0) is 92.2 Å². The summed E-state index contributed by atoms with van der Waals surface area (Å²) in [6.07, 6.45) is 8.30. The Hall–Kier alpha value is -6.39. The molecule has 0 spiro atoms. The van der Waals surface area contributed by atoms with Crippen molar-refractivity contribution in [1.82, 2.24) is 15.0 Å². The summed E-state index contributed by atoms with van der Waals surface area (Å²) in [6.45, 7) is 0. The molecule has 49 heavy (non-hydrogen) atoms. The molecule has 2 heterocycles. The zero-order valence-electron chi connectivity index (χ0n) is 26.6. The lowest BCUT2D eigenvalue weighted by Gasteiger charge is -2.13. The monoisotopic (exact) mass is 627 g/mol. The highest BCUT2D eigenvalue weighted by molar-refractivity contribution is 6.13. The summed E-state index contributed by atoms with van der Waals surface area (Å²) in [5.41, 5.74) is 7.15. The third kappa shape index (κ3) is 4.72. The molecule has 4 heteroatoms. The van der Waals surface area contributed by atoms with Gasteiger partial charge in [0.05, 0.1) is 0 Å². The van der Waals surface area contributed by atoms with E-state index in [0.29, 0.717) is 11.6 Å². The first kappa shape index (κ1) is 27.7. The van der Waals surface area contributed by atoms with Crippen LogP contribution < -0.4 is 0 Å². The Morgan fingerprint density at radius 1 is 0.469 bits per heavy atom. The summed E-state index contributed by atoms with van der Waals surface area (Å²) in [7, 11) is 0. The van der Waals surface area contributed by atoms with Crippen LogP contribution in [-0.4, -0.2) is 15.0 Å². The summed E-state index contributed by atoms with van der Waals surface area (Å²) in [5, 5.41) is 9.42. The molecular formula is C45H29N3O. The lowest BCUT2D eigenvalue weighted by Crippen LogP contribution is -2.03. The Morgan fingerprint density at radius 2 is 1.12 bits per heavy atom. The lowest BCUT2D eigenvalue weighted by atomic mass is 9.96. The molecule has 0 bridgehead atoms. The van der Waals surface area contributed by atoms with Crippen LogP contribution in [0.4, 0.5) is 0 Å². The summed E-state index contributed by atoms with van der Waals surface area (Å²) in [5.74, 6) is 2.08. The van der Waals surface area contributed by atoms with Crippen LogP contribution in [0.3, 0.4) is 0 Å². The minimum absolute atomic E-state index is 0.671. The van der Waals surface area contributed by atoms with E-state index in [9.17, 15) is 0 Å². The molecule has 7 aromatic carbocycles. The van der Waals surface area contributed by atoms with Crippen LogP contribution in [0.1, 0.15) is 18.7 Å². The first-order valence-corrected chi connectivity index (χ1v) is 16.7. The van der Waals surface area contributed by atoms with Gasteiger partial charge in [-0.15, -0.1) is 0 Å². The Labute approximate surface area is 282 Å². The molecule has 0 unspecified atom stereocenters. The van der Waals surface area contributed by atoms with Crippen molar-refractivity contribution in [3.63, 3.8) is 0 Å². The molecule has 1 aliphatic rings. The average Bonchev–Trinajstić information content (AvgIpc) is 3.56. The smallest absolute Gasteiger partial charge is 0.164 e. The first-order valence-electron chi connectivity index (χ1n) is 16.7. The van der Waals surface area contributed by atoms with Gasteiger partial charge in [0, 0.05) is 21.9 Å². The van der Waals surface area contributed by atoms with E-state index in [2.05, 4.69) is 133 Å². The van der Waals surface area contributed by atoms with E-state index in [1.165, 1.54) is 16.2 Å². The van der Waals surface area contributed by atoms with Gasteiger partial charge in [-0.2, -0.15) is 0 Å². The van der Waals surface area contributed by atoms with Gasteiger partial charge in [-0.3, -0.25) is 0 Å². The first-order chi connectivity index (χ1) is 24.2. The fourth-order valence-corrected chi connectivity index (χ4v) is 7.29. The van der Waals surface area contributed by atoms with Crippen molar-refractivity contribution in [1.29, 1.82) is 0 Å². The van der Waals surface area contributed by atoms with E-state index in [4.69, 9.17) is 19.4 Å². The quantitative estimate of drug-likeness (QED) is 0.182. The maximum atomic E-state index is 6.20. The predicted octanol–water partition coefficient (Wildman–Crippen LogP) is 12.0. The van der Waals surface area contributed by atoms with E-state index in [-0.39, 0.29) is 0 Å². The molecule has 10 rings (SSSR count). The van der Waals surface area contributed by atoms with Crippen LogP contribution in [0, 0.1) is 0 Å². The van der Waals surface area contributed by atoms with Crippen molar-refractivity contribution in [2.75, 3.05) is 0 Å². The van der Waals surface area contributed by atoms with Crippen molar-refractivity contribution >= 4 is 59.8 Å². The maximum Gasteiger partial charge on any atom is 0.164 e. The standard InChI is InChI=1S/C45H29N3O/c1-2-10-30(11-3-1)43-46-44(48-45(47-43)34-23-24-37-31(25-34)21-19-29-9-4-5-12-36(29)37)33-22-18-28-17-20-32(26-35(28)27-33)38-14-8-16-41-42(38)39-13-6-7-15-40(39)49-41/h1-2,4-10,12-27H,3,11H2. The molecule has 9 aromatic rings. The van der Waals surface area contributed by atoms with Gasteiger partial charge in [0.25, 0.3) is 0 Å². The Balaban J connectivity index is 1.12. The number of furan rings is 1. The lowest BCUT2D eigenvalue weighted by molar-refractivity contribution is 0.669. The highest BCUT2D eigenvalue weighted by atomic mass is 16.3. The van der Waals surface area contributed by atoms with Gasteiger partial charge in [-0.1, -0.05) is 121 Å². The minimum atomic E-state index is 0.671. The van der Waals surface area contributed by atoms with Gasteiger partial charge >= 0.3 is 0 Å². The highest BCUT2D eigenvalue weighted by Gasteiger charge is 2.17. The van der Waals surface area contributed by atoms with Gasteiger partial charge in [0.2, 0.25) is 0 Å². The van der Waals surface area contributed by atoms with Crippen LogP contribution in [0.2, 0.25) is 0 Å². The van der Waals surface area contributed by atoms with Crippen LogP contribution in [0.25, 0.3) is 93.7 Å². The molecule has 0 fully saturated rings. The van der Waals surface area contributed by atoms with E-state index in [1.54, 1.807) is 0 Å². The fraction of sp³-hybridized carbons (Fsp3) is 0.0444. The molecule has 0 radical (unpaired) electrons. The second kappa shape index (κ2) is 11.1. The largest absolute Gasteiger partial charge is 0.456 e. The molecule has 2 aromatic heterocycles. The van der Waals surface area contributed by atoms with Crippen LogP contribution >= 0.6 is 0 Å². The molecule has 0 N–H and O–H groups in total. The van der Waals surface area contributed by atoms with Gasteiger partial charge in [-0.25, -0.2) is 15.0 Å². The number of nitrogens with zero attached hydrogens (tertiary/aromatic N) is 3. The molecule has 4 nitrogen and oxygen atoms in total. The summed E-state index contributed by atoms with van der Waals surface area (Å²) < 4.78 is 6.20. The third-order valence-electron chi connectivity index (χ3n) is 9.75. The van der Waals surface area contributed by atoms with E-state index < -0.39 is 0 Å². The predicted molar refractivity (Wildman–Crippen MR) is 202 cm³/mol. The van der Waals surface area contributed by atoms with E-state index in [0.717, 1.165) is 84.6 Å². The Kier molecular flexibility index (Phi) is 6.28. The summed E-state index contributed by atoms with van der Waals surface area (Å²) in [4.78, 5) is 15.2. The molecule has 0 amide bonds. The summed E-state index contributed by atoms with van der Waals surface area (Å²) >= 11 is 0. The zero-order chi connectivity index (χ0) is 32.3. The molecule has 1 aliphatic carbocycles. The molecular weight excluding hydrogens is 599 g/mol. The normalized spacial score (nSPS) is 13.2.